The molecule has 0 amide bonds. The standard InChI is InChI=1S/C48H41NO/c1-47(2)26-27-48(3,4)42-30-35-28-34(23-22-33(35)29-41(42)47)38-17-9-12-20-44(38)49(43-19-11-8-16-37(43)32-14-6-5-7-15-32)36-24-25-46-40(31-36)39-18-10-13-21-45(39)50-46/h5-25,28-31H,26-27H2,1-4H3. The van der Waals surface area contributed by atoms with Crippen LogP contribution in [0.3, 0.4) is 0 Å². The predicted molar refractivity (Wildman–Crippen MR) is 212 cm³/mol. The van der Waals surface area contributed by atoms with Crippen LogP contribution in [0, 0.1) is 0 Å². The molecule has 7 aromatic carbocycles. The maximum absolute atomic E-state index is 6.27. The number of hydrogen-bond acceptors (Lipinski definition) is 2. The largest absolute Gasteiger partial charge is 0.456 e. The first-order valence-electron chi connectivity index (χ1n) is 17.8. The number of hydrogen-bond donors (Lipinski definition) is 0. The Morgan fingerprint density at radius 1 is 0.460 bits per heavy atom. The van der Waals surface area contributed by atoms with Gasteiger partial charge in [-0.25, -0.2) is 0 Å². The summed E-state index contributed by atoms with van der Waals surface area (Å²) in [4.78, 5) is 2.43. The summed E-state index contributed by atoms with van der Waals surface area (Å²) in [6, 6.07) is 55.2. The SMILES string of the molecule is CC1(C)CCC(C)(C)c2cc3cc(-c4ccccc4N(c4ccc5oc6ccccc6c5c4)c4ccccc4-c4ccccc4)ccc3cc21. The van der Waals surface area contributed by atoms with Crippen molar-refractivity contribution in [1.82, 2.24) is 0 Å². The summed E-state index contributed by atoms with van der Waals surface area (Å²) in [5.41, 5.74) is 13.2. The molecular formula is C48H41NO. The van der Waals surface area contributed by atoms with E-state index in [0.29, 0.717) is 0 Å². The van der Waals surface area contributed by atoms with Crippen LogP contribution >= 0.6 is 0 Å². The van der Waals surface area contributed by atoms with Gasteiger partial charge in [0.1, 0.15) is 11.2 Å². The predicted octanol–water partition coefficient (Wildman–Crippen LogP) is 13.9. The Morgan fingerprint density at radius 3 is 1.76 bits per heavy atom. The minimum absolute atomic E-state index is 0.154. The fraction of sp³-hybridized carbons (Fsp3) is 0.167. The van der Waals surface area contributed by atoms with Gasteiger partial charge in [-0.15, -0.1) is 0 Å². The highest BCUT2D eigenvalue weighted by atomic mass is 16.3. The molecule has 8 aromatic rings. The van der Waals surface area contributed by atoms with Crippen LogP contribution in [0.15, 0.2) is 156 Å². The van der Waals surface area contributed by atoms with E-state index >= 15 is 0 Å². The summed E-state index contributed by atoms with van der Waals surface area (Å²) in [5.74, 6) is 0. The van der Waals surface area contributed by atoms with Gasteiger partial charge in [-0.3, -0.25) is 0 Å². The Labute approximate surface area is 294 Å². The number of anilines is 3. The van der Waals surface area contributed by atoms with E-state index in [9.17, 15) is 0 Å². The molecular weight excluding hydrogens is 607 g/mol. The van der Waals surface area contributed by atoms with Gasteiger partial charge in [0.15, 0.2) is 0 Å². The highest BCUT2D eigenvalue weighted by Gasteiger charge is 2.37. The molecule has 0 radical (unpaired) electrons. The van der Waals surface area contributed by atoms with E-state index in [2.05, 4.69) is 172 Å². The summed E-state index contributed by atoms with van der Waals surface area (Å²) in [5, 5.41) is 4.83. The lowest BCUT2D eigenvalue weighted by Gasteiger charge is -2.42. The lowest BCUT2D eigenvalue weighted by Crippen LogP contribution is -2.33. The Kier molecular flexibility index (Phi) is 7.00. The van der Waals surface area contributed by atoms with Crippen molar-refractivity contribution in [3.63, 3.8) is 0 Å². The van der Waals surface area contributed by atoms with E-state index < -0.39 is 0 Å². The number of nitrogens with zero attached hydrogens (tertiary/aromatic N) is 1. The van der Waals surface area contributed by atoms with Crippen LogP contribution in [0.1, 0.15) is 51.7 Å². The molecule has 0 spiro atoms. The van der Waals surface area contributed by atoms with Crippen molar-refractivity contribution >= 4 is 49.8 Å². The van der Waals surface area contributed by atoms with Crippen molar-refractivity contribution in [1.29, 1.82) is 0 Å². The molecule has 2 heteroatoms. The van der Waals surface area contributed by atoms with Crippen LogP contribution in [0.2, 0.25) is 0 Å². The summed E-state index contributed by atoms with van der Waals surface area (Å²) in [6.07, 6.45) is 2.41. The van der Waals surface area contributed by atoms with Gasteiger partial charge >= 0.3 is 0 Å². The van der Waals surface area contributed by atoms with Crippen LogP contribution in [-0.4, -0.2) is 0 Å². The van der Waals surface area contributed by atoms with Crippen molar-refractivity contribution in [2.45, 2.75) is 51.4 Å². The second-order valence-electron chi connectivity index (χ2n) is 15.2. The minimum Gasteiger partial charge on any atom is -0.456 e. The third-order valence-corrected chi connectivity index (χ3v) is 11.1. The quantitative estimate of drug-likeness (QED) is 0.185. The van der Waals surface area contributed by atoms with Crippen molar-refractivity contribution in [3.8, 4) is 22.3 Å². The molecule has 0 aliphatic heterocycles. The molecule has 0 bridgehead atoms. The summed E-state index contributed by atoms with van der Waals surface area (Å²) < 4.78 is 6.27. The molecule has 0 saturated carbocycles. The number of rotatable bonds is 5. The Balaban J connectivity index is 1.27. The highest BCUT2D eigenvalue weighted by Crippen LogP contribution is 2.49. The third-order valence-electron chi connectivity index (χ3n) is 11.1. The third kappa shape index (κ3) is 5.01. The van der Waals surface area contributed by atoms with Gasteiger partial charge in [0, 0.05) is 27.6 Å². The van der Waals surface area contributed by atoms with E-state index in [1.807, 2.05) is 12.1 Å². The number of furan rings is 1. The van der Waals surface area contributed by atoms with Gasteiger partial charge in [0.05, 0.1) is 11.4 Å². The second kappa shape index (κ2) is 11.5. The first-order chi connectivity index (χ1) is 24.3. The van der Waals surface area contributed by atoms with Gasteiger partial charge < -0.3 is 9.32 Å². The maximum atomic E-state index is 6.27. The van der Waals surface area contributed by atoms with Crippen molar-refractivity contribution in [3.05, 3.63) is 163 Å². The zero-order valence-corrected chi connectivity index (χ0v) is 29.2. The van der Waals surface area contributed by atoms with Crippen LogP contribution in [0.4, 0.5) is 17.1 Å². The lowest BCUT2D eigenvalue weighted by atomic mass is 9.63. The number of benzene rings is 7. The van der Waals surface area contributed by atoms with Gasteiger partial charge in [-0.2, -0.15) is 0 Å². The summed E-state index contributed by atoms with van der Waals surface area (Å²) in [7, 11) is 0. The minimum atomic E-state index is 0.154. The summed E-state index contributed by atoms with van der Waals surface area (Å²) in [6.45, 7) is 9.63. The molecule has 1 aliphatic carbocycles. The van der Waals surface area contributed by atoms with E-state index in [4.69, 9.17) is 4.42 Å². The van der Waals surface area contributed by atoms with E-state index in [1.54, 1.807) is 0 Å². The molecule has 2 nitrogen and oxygen atoms in total. The molecule has 0 fully saturated rings. The van der Waals surface area contributed by atoms with E-state index in [1.165, 1.54) is 57.0 Å². The number of para-hydroxylation sites is 3. The molecule has 0 saturated heterocycles. The molecule has 244 valence electrons. The first-order valence-corrected chi connectivity index (χ1v) is 17.8. The molecule has 0 N–H and O–H groups in total. The van der Waals surface area contributed by atoms with Crippen molar-refractivity contribution in [2.24, 2.45) is 0 Å². The van der Waals surface area contributed by atoms with Crippen LogP contribution in [0.5, 0.6) is 0 Å². The normalized spacial score (nSPS) is 15.0. The molecule has 1 aromatic heterocycles. The Morgan fingerprint density at radius 2 is 1.04 bits per heavy atom. The monoisotopic (exact) mass is 647 g/mol. The van der Waals surface area contributed by atoms with E-state index in [0.717, 1.165) is 39.0 Å². The molecule has 0 atom stereocenters. The Bertz CT molecular complexity index is 2550. The second-order valence-corrected chi connectivity index (χ2v) is 15.2. The maximum Gasteiger partial charge on any atom is 0.135 e. The zero-order valence-electron chi connectivity index (χ0n) is 29.2. The molecule has 0 unspecified atom stereocenters. The van der Waals surface area contributed by atoms with Crippen molar-refractivity contribution < 1.29 is 4.42 Å². The average Bonchev–Trinajstić information content (AvgIpc) is 3.52. The first kappa shape index (κ1) is 30.5. The van der Waals surface area contributed by atoms with Crippen LogP contribution in [-0.2, 0) is 10.8 Å². The average molecular weight is 648 g/mol. The lowest BCUT2D eigenvalue weighted by molar-refractivity contribution is 0.332. The molecule has 1 aliphatic rings. The van der Waals surface area contributed by atoms with Crippen LogP contribution < -0.4 is 4.90 Å². The smallest absolute Gasteiger partial charge is 0.135 e. The highest BCUT2D eigenvalue weighted by molar-refractivity contribution is 6.07. The van der Waals surface area contributed by atoms with Gasteiger partial charge in [0.2, 0.25) is 0 Å². The molecule has 50 heavy (non-hydrogen) atoms. The van der Waals surface area contributed by atoms with Crippen LogP contribution in [0.25, 0.3) is 55.0 Å². The molecule has 1 heterocycles. The van der Waals surface area contributed by atoms with Crippen molar-refractivity contribution in [2.75, 3.05) is 4.90 Å². The van der Waals surface area contributed by atoms with Gasteiger partial charge in [0.25, 0.3) is 0 Å². The van der Waals surface area contributed by atoms with Gasteiger partial charge in [-0.05, 0) is 99.2 Å². The zero-order chi connectivity index (χ0) is 34.0. The topological polar surface area (TPSA) is 16.4 Å². The molecule has 9 rings (SSSR count). The van der Waals surface area contributed by atoms with Gasteiger partial charge in [-0.1, -0.05) is 137 Å². The fourth-order valence-corrected chi connectivity index (χ4v) is 8.18. The van der Waals surface area contributed by atoms with E-state index in [-0.39, 0.29) is 10.8 Å². The fourth-order valence-electron chi connectivity index (χ4n) is 8.18. The Hall–Kier alpha value is -5.60. The summed E-state index contributed by atoms with van der Waals surface area (Å²) >= 11 is 0. The number of fused-ring (bicyclic) bond motifs is 5.